The van der Waals surface area contributed by atoms with Crippen molar-refractivity contribution in [2.75, 3.05) is 11.1 Å². The number of nitrogen functional groups attached to an aromatic ring is 1. The van der Waals surface area contributed by atoms with Crippen LogP contribution in [0.5, 0.6) is 0 Å². The van der Waals surface area contributed by atoms with E-state index in [0.717, 1.165) is 6.07 Å². The normalized spacial score (nSPS) is 10.2. The van der Waals surface area contributed by atoms with Gasteiger partial charge >= 0.3 is 0 Å². The quantitative estimate of drug-likeness (QED) is 0.741. The molecule has 0 aromatic heterocycles. The number of primary amides is 1. The van der Waals surface area contributed by atoms with Gasteiger partial charge < -0.3 is 16.8 Å². The highest BCUT2D eigenvalue weighted by molar-refractivity contribution is 9.10. The Bertz CT molecular complexity index is 714. The Morgan fingerprint density at radius 2 is 1.81 bits per heavy atom. The van der Waals surface area contributed by atoms with Gasteiger partial charge in [-0.3, -0.25) is 9.59 Å². The Kier molecular flexibility index (Phi) is 4.23. The number of halogens is 2. The Hall–Kier alpha value is -2.41. The zero-order valence-electron chi connectivity index (χ0n) is 10.7. The average Bonchev–Trinajstić information content (AvgIpc) is 2.39. The lowest BCUT2D eigenvalue weighted by Gasteiger charge is -2.08. The maximum Gasteiger partial charge on any atom is 0.255 e. The molecule has 2 rings (SSSR count). The van der Waals surface area contributed by atoms with Crippen molar-refractivity contribution in [2.24, 2.45) is 5.73 Å². The van der Waals surface area contributed by atoms with Crippen molar-refractivity contribution in [2.45, 2.75) is 0 Å². The van der Waals surface area contributed by atoms with E-state index in [9.17, 15) is 14.0 Å². The van der Waals surface area contributed by atoms with Gasteiger partial charge in [0.1, 0.15) is 5.82 Å². The maximum absolute atomic E-state index is 13.7. The average molecular weight is 352 g/mol. The van der Waals surface area contributed by atoms with E-state index < -0.39 is 17.6 Å². The lowest BCUT2D eigenvalue weighted by molar-refractivity contribution is 0.0996. The molecule has 0 unspecified atom stereocenters. The van der Waals surface area contributed by atoms with Crippen molar-refractivity contribution < 1.29 is 14.0 Å². The molecule has 2 aromatic rings. The topological polar surface area (TPSA) is 98.2 Å². The van der Waals surface area contributed by atoms with Crippen LogP contribution >= 0.6 is 15.9 Å². The molecule has 2 amide bonds. The van der Waals surface area contributed by atoms with Gasteiger partial charge in [-0.05, 0) is 36.4 Å². The van der Waals surface area contributed by atoms with E-state index in [1.165, 1.54) is 18.2 Å². The number of hydrogen-bond donors (Lipinski definition) is 3. The molecular formula is C14H11BrFN3O2. The van der Waals surface area contributed by atoms with Crippen LogP contribution in [0.3, 0.4) is 0 Å². The van der Waals surface area contributed by atoms with E-state index in [2.05, 4.69) is 21.2 Å². The summed E-state index contributed by atoms with van der Waals surface area (Å²) in [6, 6.07) is 8.11. The molecule has 7 heteroatoms. The highest BCUT2D eigenvalue weighted by Gasteiger charge is 2.12. The molecule has 5 N–H and O–H groups in total. The predicted molar refractivity (Wildman–Crippen MR) is 81.4 cm³/mol. The Balaban J connectivity index is 2.31. The minimum atomic E-state index is -0.711. The fraction of sp³-hybridized carbons (Fsp3) is 0. The first kappa shape index (κ1) is 15.0. The van der Waals surface area contributed by atoms with Crippen LogP contribution in [0.1, 0.15) is 20.7 Å². The fourth-order valence-electron chi connectivity index (χ4n) is 1.71. The van der Waals surface area contributed by atoms with Crippen LogP contribution in [0.15, 0.2) is 40.9 Å². The van der Waals surface area contributed by atoms with Crippen molar-refractivity contribution in [3.05, 3.63) is 57.8 Å². The van der Waals surface area contributed by atoms with E-state index in [1.54, 1.807) is 12.1 Å². The molecule has 21 heavy (non-hydrogen) atoms. The van der Waals surface area contributed by atoms with Crippen LogP contribution in [0.4, 0.5) is 15.8 Å². The lowest BCUT2D eigenvalue weighted by Crippen LogP contribution is -2.16. The number of amides is 2. The lowest BCUT2D eigenvalue weighted by atomic mass is 10.1. The molecule has 0 aliphatic carbocycles. The van der Waals surface area contributed by atoms with Crippen molar-refractivity contribution in [1.29, 1.82) is 0 Å². The molecule has 2 aromatic carbocycles. The second-order valence-corrected chi connectivity index (χ2v) is 5.20. The van der Waals surface area contributed by atoms with Crippen LogP contribution in [0, 0.1) is 5.82 Å². The van der Waals surface area contributed by atoms with Gasteiger partial charge in [0.25, 0.3) is 5.91 Å². The summed E-state index contributed by atoms with van der Waals surface area (Å²) < 4.78 is 14.3. The molecule has 0 heterocycles. The second kappa shape index (κ2) is 5.92. The van der Waals surface area contributed by atoms with Crippen molar-refractivity contribution in [3.63, 3.8) is 0 Å². The van der Waals surface area contributed by atoms with Gasteiger partial charge in [-0.1, -0.05) is 15.9 Å². The zero-order chi connectivity index (χ0) is 15.6. The summed E-state index contributed by atoms with van der Waals surface area (Å²) in [5, 5.41) is 2.38. The van der Waals surface area contributed by atoms with Crippen LogP contribution in [0.2, 0.25) is 0 Å². The second-order valence-electron chi connectivity index (χ2n) is 4.29. The van der Waals surface area contributed by atoms with Crippen LogP contribution in [-0.2, 0) is 0 Å². The van der Waals surface area contributed by atoms with Gasteiger partial charge in [0, 0.05) is 21.3 Å². The summed E-state index contributed by atoms with van der Waals surface area (Å²) in [6.45, 7) is 0. The van der Waals surface area contributed by atoms with E-state index in [0.29, 0.717) is 10.2 Å². The van der Waals surface area contributed by atoms with Gasteiger partial charge in [0.05, 0.1) is 5.69 Å². The number of nitrogens with two attached hydrogens (primary N) is 2. The molecule has 0 atom stereocenters. The molecule has 0 fully saturated rings. The molecule has 0 bridgehead atoms. The number of carbonyl (C=O) groups is 2. The Morgan fingerprint density at radius 3 is 2.43 bits per heavy atom. The maximum atomic E-state index is 13.7. The summed E-state index contributed by atoms with van der Waals surface area (Å²) >= 11 is 3.22. The smallest absolute Gasteiger partial charge is 0.255 e. The summed E-state index contributed by atoms with van der Waals surface area (Å²) in [4.78, 5) is 23.2. The van der Waals surface area contributed by atoms with Gasteiger partial charge in [0.15, 0.2) is 0 Å². The monoisotopic (exact) mass is 351 g/mol. The van der Waals surface area contributed by atoms with Crippen LogP contribution in [0.25, 0.3) is 0 Å². The standard InChI is InChI=1S/C14H11BrFN3O2/c15-9-3-8(4-10(17)6-9)14(21)19-12-5-7(13(18)20)1-2-11(12)16/h1-6H,17H2,(H2,18,20)(H,19,21). The molecule has 0 spiro atoms. The Labute approximate surface area is 128 Å². The predicted octanol–water partition coefficient (Wildman–Crippen LogP) is 2.52. The minimum Gasteiger partial charge on any atom is -0.399 e. The van der Waals surface area contributed by atoms with Gasteiger partial charge in [-0.2, -0.15) is 0 Å². The number of rotatable bonds is 3. The highest BCUT2D eigenvalue weighted by Crippen LogP contribution is 2.20. The molecule has 5 nitrogen and oxygen atoms in total. The van der Waals surface area contributed by atoms with Crippen LogP contribution < -0.4 is 16.8 Å². The minimum absolute atomic E-state index is 0.0976. The number of nitrogens with one attached hydrogen (secondary N) is 1. The van der Waals surface area contributed by atoms with Crippen molar-refractivity contribution in [1.82, 2.24) is 0 Å². The third-order valence-electron chi connectivity index (χ3n) is 2.68. The first-order chi connectivity index (χ1) is 9.86. The van der Waals surface area contributed by atoms with Crippen molar-refractivity contribution >= 4 is 39.1 Å². The number of benzene rings is 2. The summed E-state index contributed by atoms with van der Waals surface area (Å²) in [7, 11) is 0. The zero-order valence-corrected chi connectivity index (χ0v) is 12.3. The summed E-state index contributed by atoms with van der Waals surface area (Å²) in [5.41, 5.74) is 11.4. The molecule has 0 aliphatic rings. The summed E-state index contributed by atoms with van der Waals surface area (Å²) in [5.74, 6) is -1.93. The van der Waals surface area contributed by atoms with Gasteiger partial charge in [-0.15, -0.1) is 0 Å². The SMILES string of the molecule is NC(=O)c1ccc(F)c(NC(=O)c2cc(N)cc(Br)c2)c1. The van der Waals surface area contributed by atoms with Gasteiger partial charge in [-0.25, -0.2) is 4.39 Å². The van der Waals surface area contributed by atoms with E-state index >= 15 is 0 Å². The number of carbonyl (C=O) groups excluding carboxylic acids is 2. The highest BCUT2D eigenvalue weighted by atomic mass is 79.9. The van der Waals surface area contributed by atoms with Gasteiger partial charge in [0.2, 0.25) is 5.91 Å². The largest absolute Gasteiger partial charge is 0.399 e. The molecule has 0 aliphatic heterocycles. The molecule has 0 saturated carbocycles. The number of hydrogen-bond acceptors (Lipinski definition) is 3. The molecule has 0 radical (unpaired) electrons. The van der Waals surface area contributed by atoms with E-state index in [-0.39, 0.29) is 16.8 Å². The van der Waals surface area contributed by atoms with Crippen molar-refractivity contribution in [3.8, 4) is 0 Å². The molecular weight excluding hydrogens is 341 g/mol. The third-order valence-corrected chi connectivity index (χ3v) is 3.14. The van der Waals surface area contributed by atoms with Crippen LogP contribution in [-0.4, -0.2) is 11.8 Å². The van der Waals surface area contributed by atoms with E-state index in [4.69, 9.17) is 11.5 Å². The number of anilines is 2. The Morgan fingerprint density at radius 1 is 1.10 bits per heavy atom. The summed E-state index contributed by atoms with van der Waals surface area (Å²) in [6.07, 6.45) is 0. The first-order valence-corrected chi connectivity index (χ1v) is 6.63. The molecule has 108 valence electrons. The third kappa shape index (κ3) is 3.57. The molecule has 0 saturated heterocycles. The first-order valence-electron chi connectivity index (χ1n) is 5.83. The fourth-order valence-corrected chi connectivity index (χ4v) is 2.22. The van der Waals surface area contributed by atoms with E-state index in [1.807, 2.05) is 0 Å².